The maximum atomic E-state index is 12.1. The molecule has 0 bridgehead atoms. The number of carbonyl (C=O) groups excluding carboxylic acids is 1. The summed E-state index contributed by atoms with van der Waals surface area (Å²) in [6.07, 6.45) is 0. The van der Waals surface area contributed by atoms with E-state index >= 15 is 0 Å². The van der Waals surface area contributed by atoms with Crippen LogP contribution < -0.4 is 5.32 Å². The Morgan fingerprint density at radius 3 is 2.96 bits per heavy atom. The van der Waals surface area contributed by atoms with Crippen LogP contribution in [-0.4, -0.2) is 16.1 Å². The van der Waals surface area contributed by atoms with Crippen molar-refractivity contribution in [2.45, 2.75) is 24.5 Å². The molecule has 3 aromatic rings. The zero-order chi connectivity index (χ0) is 16.1. The number of thioether (sulfide) groups is 1. The van der Waals surface area contributed by atoms with E-state index in [1.54, 1.807) is 45.8 Å². The van der Waals surface area contributed by atoms with Gasteiger partial charge in [0.2, 0.25) is 5.91 Å². The molecule has 1 atom stereocenters. The van der Waals surface area contributed by atoms with Crippen LogP contribution in [0.25, 0.3) is 10.6 Å². The van der Waals surface area contributed by atoms with Crippen molar-refractivity contribution in [2.24, 2.45) is 0 Å². The average molecular weight is 381 g/mol. The largest absolute Gasteiger partial charge is 0.350 e. The highest BCUT2D eigenvalue weighted by Gasteiger charge is 2.14. The molecule has 0 aliphatic carbocycles. The summed E-state index contributed by atoms with van der Waals surface area (Å²) in [5.74, 6) is 0.838. The Morgan fingerprint density at radius 1 is 1.30 bits per heavy atom. The number of rotatable bonds is 7. The molecule has 0 aliphatic heterocycles. The molecule has 1 N–H and O–H groups in total. The maximum Gasteiger partial charge on any atom is 0.233 e. The first-order valence-corrected chi connectivity index (χ1v) is 10.9. The second-order valence-electron chi connectivity index (χ2n) is 4.91. The van der Waals surface area contributed by atoms with Crippen molar-refractivity contribution < 1.29 is 4.79 Å². The zero-order valence-electron chi connectivity index (χ0n) is 12.5. The molecule has 7 heteroatoms. The fraction of sp³-hybridized carbons (Fsp3) is 0.250. The number of hydrogen-bond donors (Lipinski definition) is 1. The van der Waals surface area contributed by atoms with Crippen molar-refractivity contribution >= 4 is 51.7 Å². The SMILES string of the molecule is CC(SCc1csc(-c2ccsc2)n1)C(=O)NCc1cccs1. The quantitative estimate of drug-likeness (QED) is 0.636. The van der Waals surface area contributed by atoms with Gasteiger partial charge in [0.15, 0.2) is 0 Å². The summed E-state index contributed by atoms with van der Waals surface area (Å²) in [5, 5.41) is 12.2. The smallest absolute Gasteiger partial charge is 0.233 e. The first-order chi connectivity index (χ1) is 11.2. The first kappa shape index (κ1) is 16.7. The van der Waals surface area contributed by atoms with Gasteiger partial charge in [-0.2, -0.15) is 11.3 Å². The molecule has 0 saturated carbocycles. The Kier molecular flexibility index (Phi) is 5.88. The van der Waals surface area contributed by atoms with Crippen LogP contribution in [0.2, 0.25) is 0 Å². The van der Waals surface area contributed by atoms with Crippen LogP contribution in [0.3, 0.4) is 0 Å². The van der Waals surface area contributed by atoms with Crippen molar-refractivity contribution in [2.75, 3.05) is 0 Å². The number of thiazole rings is 1. The van der Waals surface area contributed by atoms with E-state index in [0.29, 0.717) is 6.54 Å². The van der Waals surface area contributed by atoms with E-state index in [0.717, 1.165) is 16.5 Å². The summed E-state index contributed by atoms with van der Waals surface area (Å²) in [7, 11) is 0. The minimum Gasteiger partial charge on any atom is -0.350 e. The van der Waals surface area contributed by atoms with E-state index in [1.165, 1.54) is 10.4 Å². The number of thiophene rings is 2. The molecule has 23 heavy (non-hydrogen) atoms. The molecule has 0 fully saturated rings. The topological polar surface area (TPSA) is 42.0 Å². The van der Waals surface area contributed by atoms with Gasteiger partial charge in [0.05, 0.1) is 17.5 Å². The molecule has 3 heterocycles. The molecular formula is C16H16N2OS4. The lowest BCUT2D eigenvalue weighted by atomic mass is 10.4. The zero-order valence-corrected chi connectivity index (χ0v) is 15.8. The van der Waals surface area contributed by atoms with Crippen LogP contribution in [-0.2, 0) is 17.1 Å². The molecule has 3 aromatic heterocycles. The van der Waals surface area contributed by atoms with Crippen molar-refractivity contribution in [1.82, 2.24) is 10.3 Å². The van der Waals surface area contributed by atoms with Crippen LogP contribution in [0, 0.1) is 0 Å². The third-order valence-electron chi connectivity index (χ3n) is 3.19. The minimum absolute atomic E-state index is 0.0803. The lowest BCUT2D eigenvalue weighted by molar-refractivity contribution is -0.120. The van der Waals surface area contributed by atoms with Gasteiger partial charge in [0, 0.05) is 27.0 Å². The van der Waals surface area contributed by atoms with Crippen LogP contribution in [0.4, 0.5) is 0 Å². The lowest BCUT2D eigenvalue weighted by Crippen LogP contribution is -2.30. The maximum absolute atomic E-state index is 12.1. The van der Waals surface area contributed by atoms with Gasteiger partial charge >= 0.3 is 0 Å². The summed E-state index contributed by atoms with van der Waals surface area (Å²) in [6.45, 7) is 2.56. The highest BCUT2D eigenvalue weighted by molar-refractivity contribution is 7.99. The third-order valence-corrected chi connectivity index (χ3v) is 6.86. The average Bonchev–Trinajstić information content (AvgIpc) is 3.32. The molecule has 120 valence electrons. The Bertz CT molecular complexity index is 734. The van der Waals surface area contributed by atoms with Crippen LogP contribution in [0.5, 0.6) is 0 Å². The second kappa shape index (κ2) is 8.10. The van der Waals surface area contributed by atoms with Crippen molar-refractivity contribution in [3.63, 3.8) is 0 Å². The van der Waals surface area contributed by atoms with E-state index in [4.69, 9.17) is 0 Å². The lowest BCUT2D eigenvalue weighted by Gasteiger charge is -2.10. The monoisotopic (exact) mass is 380 g/mol. The summed E-state index contributed by atoms with van der Waals surface area (Å²) in [6, 6.07) is 6.11. The van der Waals surface area contributed by atoms with E-state index in [2.05, 4.69) is 32.5 Å². The van der Waals surface area contributed by atoms with E-state index < -0.39 is 0 Å². The molecule has 1 amide bonds. The van der Waals surface area contributed by atoms with Crippen LogP contribution in [0.15, 0.2) is 39.7 Å². The van der Waals surface area contributed by atoms with Crippen molar-refractivity contribution in [3.05, 3.63) is 50.3 Å². The molecule has 0 radical (unpaired) electrons. The number of amides is 1. The fourth-order valence-electron chi connectivity index (χ4n) is 1.91. The summed E-state index contributed by atoms with van der Waals surface area (Å²) in [4.78, 5) is 17.9. The van der Waals surface area contributed by atoms with Gasteiger partial charge in [-0.25, -0.2) is 4.98 Å². The van der Waals surface area contributed by atoms with Crippen molar-refractivity contribution in [3.8, 4) is 10.6 Å². The standard InChI is InChI=1S/C16H16N2OS4/c1-11(15(19)17-7-14-3-2-5-21-14)22-9-13-10-23-16(18-13)12-4-6-20-8-12/h2-6,8,10-11H,7,9H2,1H3,(H,17,19). The summed E-state index contributed by atoms with van der Waals surface area (Å²) >= 11 is 6.62. The fourth-order valence-corrected chi connectivity index (χ4v) is 4.99. The predicted molar refractivity (Wildman–Crippen MR) is 102 cm³/mol. The Hall–Kier alpha value is -1.15. The van der Waals surface area contributed by atoms with Crippen molar-refractivity contribution in [1.29, 1.82) is 0 Å². The molecule has 3 nitrogen and oxygen atoms in total. The van der Waals surface area contributed by atoms with E-state index in [9.17, 15) is 4.79 Å². The molecule has 0 aromatic carbocycles. The van der Waals surface area contributed by atoms with Gasteiger partial charge in [-0.05, 0) is 29.8 Å². The molecular weight excluding hydrogens is 364 g/mol. The first-order valence-electron chi connectivity index (χ1n) is 7.11. The molecule has 1 unspecified atom stereocenters. The summed E-state index contributed by atoms with van der Waals surface area (Å²) < 4.78 is 0. The number of nitrogens with one attached hydrogen (secondary N) is 1. The molecule has 0 saturated heterocycles. The van der Waals surface area contributed by atoms with Gasteiger partial charge < -0.3 is 5.32 Å². The Labute approximate surface area is 151 Å². The summed E-state index contributed by atoms with van der Waals surface area (Å²) in [5.41, 5.74) is 2.22. The predicted octanol–water partition coefficient (Wildman–Crippen LogP) is 4.87. The normalized spacial score (nSPS) is 12.2. The third kappa shape index (κ3) is 4.67. The van der Waals surface area contributed by atoms with Gasteiger partial charge in [-0.3, -0.25) is 4.79 Å². The van der Waals surface area contributed by atoms with E-state index in [-0.39, 0.29) is 11.2 Å². The molecule has 3 rings (SSSR count). The number of hydrogen-bond acceptors (Lipinski definition) is 6. The van der Waals surface area contributed by atoms with Gasteiger partial charge in [-0.15, -0.1) is 34.4 Å². The molecule has 0 spiro atoms. The number of aromatic nitrogens is 1. The number of nitrogens with zero attached hydrogens (tertiary/aromatic N) is 1. The van der Waals surface area contributed by atoms with Gasteiger partial charge in [0.1, 0.15) is 5.01 Å². The highest BCUT2D eigenvalue weighted by Crippen LogP contribution is 2.27. The number of carbonyl (C=O) groups is 1. The minimum atomic E-state index is -0.0822. The Morgan fingerprint density at radius 2 is 2.22 bits per heavy atom. The van der Waals surface area contributed by atoms with Gasteiger partial charge in [0.25, 0.3) is 0 Å². The Balaban J connectivity index is 1.46. The van der Waals surface area contributed by atoms with Crippen LogP contribution >= 0.6 is 45.8 Å². The second-order valence-corrected chi connectivity index (χ2v) is 8.91. The van der Waals surface area contributed by atoms with E-state index in [1.807, 2.05) is 24.4 Å². The molecule has 0 aliphatic rings. The van der Waals surface area contributed by atoms with Gasteiger partial charge in [-0.1, -0.05) is 6.07 Å². The highest BCUT2D eigenvalue weighted by atomic mass is 32.2. The van der Waals surface area contributed by atoms with Crippen LogP contribution in [0.1, 0.15) is 17.5 Å².